The molecule has 1 aliphatic heterocycles. The second kappa shape index (κ2) is 9.47. The molecule has 0 aliphatic carbocycles. The third-order valence-corrected chi connectivity index (χ3v) is 5.66. The van der Waals surface area contributed by atoms with Gasteiger partial charge in [0.2, 0.25) is 11.0 Å². The number of morpholine rings is 1. The summed E-state index contributed by atoms with van der Waals surface area (Å²) >= 11 is 1.41. The lowest BCUT2D eigenvalue weighted by atomic mass is 10.1. The molecule has 1 aliphatic rings. The lowest BCUT2D eigenvalue weighted by Gasteiger charge is -2.36. The maximum Gasteiger partial charge on any atom is 0.224 e. The Bertz CT molecular complexity index is 755. The van der Waals surface area contributed by atoms with E-state index in [0.717, 1.165) is 17.4 Å². The summed E-state index contributed by atoms with van der Waals surface area (Å²) in [5.41, 5.74) is 1.20. The van der Waals surface area contributed by atoms with Crippen LogP contribution < -0.4 is 4.90 Å². The first-order valence-corrected chi connectivity index (χ1v) is 10.8. The molecule has 3 rings (SSSR count). The average Bonchev–Trinajstić information content (AvgIpc) is 3.09. The van der Waals surface area contributed by atoms with E-state index in [1.54, 1.807) is 0 Å². The number of hydrogen-bond acceptors (Lipinski definition) is 6. The van der Waals surface area contributed by atoms with Crippen molar-refractivity contribution in [2.24, 2.45) is 0 Å². The third kappa shape index (κ3) is 5.52. The first-order valence-electron chi connectivity index (χ1n) is 9.98. The quantitative estimate of drug-likeness (QED) is 0.711. The summed E-state index contributed by atoms with van der Waals surface area (Å²) < 4.78 is 10.3. The highest BCUT2D eigenvalue weighted by Gasteiger charge is 2.26. The minimum absolute atomic E-state index is 0.0950. The maximum atomic E-state index is 12.7. The fourth-order valence-electron chi connectivity index (χ4n) is 3.54. The van der Waals surface area contributed by atoms with Crippen LogP contribution in [-0.2, 0) is 16.0 Å². The standard InChI is InChI=1S/C21H30N4O2S/c1-15(2)25(11-10-20(26)24-13-16(3)27-17(4)14-24)21-22-19(23-28-21)12-18-8-6-5-7-9-18/h5-9,15-17H,10-14H2,1-4H3. The van der Waals surface area contributed by atoms with E-state index in [1.165, 1.54) is 17.1 Å². The van der Waals surface area contributed by atoms with E-state index < -0.39 is 0 Å². The molecule has 152 valence electrons. The SMILES string of the molecule is CC1CN(C(=O)CCN(c2nc(Cc3ccccc3)ns2)C(C)C)CC(C)O1. The summed E-state index contributed by atoms with van der Waals surface area (Å²) in [5.74, 6) is 1.01. The van der Waals surface area contributed by atoms with E-state index in [-0.39, 0.29) is 24.2 Å². The van der Waals surface area contributed by atoms with Crippen molar-refractivity contribution in [3.8, 4) is 0 Å². The van der Waals surface area contributed by atoms with E-state index in [9.17, 15) is 4.79 Å². The van der Waals surface area contributed by atoms with Gasteiger partial charge in [-0.1, -0.05) is 30.3 Å². The van der Waals surface area contributed by atoms with E-state index >= 15 is 0 Å². The lowest BCUT2D eigenvalue weighted by molar-refractivity contribution is -0.143. The van der Waals surface area contributed by atoms with Gasteiger partial charge in [0.05, 0.1) is 12.2 Å². The number of benzene rings is 1. The van der Waals surface area contributed by atoms with Crippen molar-refractivity contribution in [1.82, 2.24) is 14.3 Å². The number of amides is 1. The summed E-state index contributed by atoms with van der Waals surface area (Å²) in [6.07, 6.45) is 1.40. The fraction of sp³-hybridized carbons (Fsp3) is 0.571. The van der Waals surface area contributed by atoms with Crippen molar-refractivity contribution in [2.45, 2.75) is 58.8 Å². The predicted molar refractivity (Wildman–Crippen MR) is 113 cm³/mol. The van der Waals surface area contributed by atoms with Gasteiger partial charge in [-0.3, -0.25) is 4.79 Å². The molecule has 0 N–H and O–H groups in total. The lowest BCUT2D eigenvalue weighted by Crippen LogP contribution is -2.49. The zero-order valence-corrected chi connectivity index (χ0v) is 18.0. The van der Waals surface area contributed by atoms with E-state index in [2.05, 4.69) is 35.3 Å². The van der Waals surface area contributed by atoms with Crippen molar-refractivity contribution >= 4 is 22.6 Å². The van der Waals surface area contributed by atoms with Crippen LogP contribution in [0, 0.1) is 0 Å². The van der Waals surface area contributed by atoms with Gasteiger partial charge < -0.3 is 14.5 Å². The molecule has 0 saturated carbocycles. The van der Waals surface area contributed by atoms with Crippen LogP contribution in [0.1, 0.15) is 45.5 Å². The third-order valence-electron chi connectivity index (χ3n) is 4.87. The second-order valence-corrected chi connectivity index (χ2v) is 8.48. The summed E-state index contributed by atoms with van der Waals surface area (Å²) in [6, 6.07) is 10.5. The van der Waals surface area contributed by atoms with Gasteiger partial charge in [-0.2, -0.15) is 4.37 Å². The number of carbonyl (C=O) groups excluding carboxylic acids is 1. The van der Waals surface area contributed by atoms with Gasteiger partial charge >= 0.3 is 0 Å². The zero-order chi connectivity index (χ0) is 20.1. The minimum atomic E-state index is 0.0950. The van der Waals surface area contributed by atoms with Gasteiger partial charge in [-0.15, -0.1) is 0 Å². The Morgan fingerprint density at radius 2 is 1.93 bits per heavy atom. The normalized spacial score (nSPS) is 19.8. The molecule has 1 aromatic carbocycles. The Hall–Kier alpha value is -1.99. The Labute approximate surface area is 171 Å². The molecular formula is C21H30N4O2S. The van der Waals surface area contributed by atoms with E-state index in [4.69, 9.17) is 9.72 Å². The van der Waals surface area contributed by atoms with Crippen molar-refractivity contribution in [1.29, 1.82) is 0 Å². The Balaban J connectivity index is 1.60. The Morgan fingerprint density at radius 3 is 2.57 bits per heavy atom. The Morgan fingerprint density at radius 1 is 1.25 bits per heavy atom. The van der Waals surface area contributed by atoms with Gasteiger partial charge in [0.25, 0.3) is 0 Å². The van der Waals surface area contributed by atoms with Crippen LogP contribution in [0.15, 0.2) is 30.3 Å². The second-order valence-electron chi connectivity index (χ2n) is 7.75. The van der Waals surface area contributed by atoms with Gasteiger partial charge in [-0.25, -0.2) is 4.98 Å². The van der Waals surface area contributed by atoms with Crippen LogP contribution in [0.5, 0.6) is 0 Å². The fourth-order valence-corrected chi connectivity index (χ4v) is 4.39. The predicted octanol–water partition coefficient (Wildman–Crippen LogP) is 3.37. The van der Waals surface area contributed by atoms with Gasteiger partial charge in [0, 0.05) is 50.1 Å². The van der Waals surface area contributed by atoms with Crippen molar-refractivity contribution < 1.29 is 9.53 Å². The van der Waals surface area contributed by atoms with Crippen LogP contribution in [0.3, 0.4) is 0 Å². The van der Waals surface area contributed by atoms with Crippen LogP contribution in [0.25, 0.3) is 0 Å². The molecule has 0 radical (unpaired) electrons. The highest BCUT2D eigenvalue weighted by molar-refractivity contribution is 7.09. The molecule has 2 atom stereocenters. The first-order chi connectivity index (χ1) is 13.4. The van der Waals surface area contributed by atoms with E-state index in [1.807, 2.05) is 36.9 Å². The number of aromatic nitrogens is 2. The van der Waals surface area contributed by atoms with Crippen LogP contribution >= 0.6 is 11.5 Å². The maximum absolute atomic E-state index is 12.7. The molecule has 1 fully saturated rings. The molecule has 1 aromatic heterocycles. The largest absolute Gasteiger partial charge is 0.372 e. The van der Waals surface area contributed by atoms with Gasteiger partial charge in [0.1, 0.15) is 5.82 Å². The molecule has 0 spiro atoms. The molecule has 28 heavy (non-hydrogen) atoms. The van der Waals surface area contributed by atoms with Crippen LogP contribution in [0.2, 0.25) is 0 Å². The van der Waals surface area contributed by atoms with Gasteiger partial charge in [0.15, 0.2) is 0 Å². The van der Waals surface area contributed by atoms with Crippen molar-refractivity contribution in [3.05, 3.63) is 41.7 Å². The number of anilines is 1. The molecule has 2 aromatic rings. The number of nitrogens with zero attached hydrogens (tertiary/aromatic N) is 4. The minimum Gasteiger partial charge on any atom is -0.372 e. The molecule has 6 nitrogen and oxygen atoms in total. The smallest absolute Gasteiger partial charge is 0.224 e. The molecule has 1 amide bonds. The highest BCUT2D eigenvalue weighted by Crippen LogP contribution is 2.22. The molecule has 2 unspecified atom stereocenters. The molecule has 2 heterocycles. The first kappa shape index (κ1) is 20.7. The summed E-state index contributed by atoms with van der Waals surface area (Å²) in [7, 11) is 0. The highest BCUT2D eigenvalue weighted by atomic mass is 32.1. The van der Waals surface area contributed by atoms with Crippen LogP contribution in [0.4, 0.5) is 5.13 Å². The summed E-state index contributed by atoms with van der Waals surface area (Å²) in [6.45, 7) is 10.3. The average molecular weight is 403 g/mol. The van der Waals surface area contributed by atoms with Crippen molar-refractivity contribution in [3.63, 3.8) is 0 Å². The molecule has 0 bridgehead atoms. The molecule has 1 saturated heterocycles. The van der Waals surface area contributed by atoms with Crippen LogP contribution in [-0.4, -0.2) is 58.0 Å². The topological polar surface area (TPSA) is 58.6 Å². The van der Waals surface area contributed by atoms with E-state index in [0.29, 0.717) is 26.1 Å². The number of hydrogen-bond donors (Lipinski definition) is 0. The number of carbonyl (C=O) groups is 1. The molecular weight excluding hydrogens is 372 g/mol. The van der Waals surface area contributed by atoms with Crippen molar-refractivity contribution in [2.75, 3.05) is 24.5 Å². The zero-order valence-electron chi connectivity index (χ0n) is 17.2. The van der Waals surface area contributed by atoms with Gasteiger partial charge in [-0.05, 0) is 33.3 Å². The number of ether oxygens (including phenoxy) is 1. The monoisotopic (exact) mass is 402 g/mol. The Kier molecular flexibility index (Phi) is 7.02. The summed E-state index contributed by atoms with van der Waals surface area (Å²) in [5, 5.41) is 0.887. The molecule has 7 heteroatoms. The number of rotatable bonds is 7. The summed E-state index contributed by atoms with van der Waals surface area (Å²) in [4.78, 5) is 21.5.